The Morgan fingerprint density at radius 1 is 0.556 bits per heavy atom. The van der Waals surface area contributed by atoms with Crippen molar-refractivity contribution in [3.05, 3.63) is 179 Å². The van der Waals surface area contributed by atoms with Crippen LogP contribution >= 0.6 is 11.8 Å². The van der Waals surface area contributed by atoms with Crippen molar-refractivity contribution in [2.24, 2.45) is 0 Å². The predicted molar refractivity (Wildman–Crippen MR) is 213 cm³/mol. The van der Waals surface area contributed by atoms with E-state index in [0.29, 0.717) is 58.0 Å². The van der Waals surface area contributed by atoms with Crippen LogP contribution in [-0.4, -0.2) is 54.3 Å². The van der Waals surface area contributed by atoms with Crippen LogP contribution in [0.25, 0.3) is 0 Å². The molecule has 0 aromatic heterocycles. The molecule has 0 amide bonds. The van der Waals surface area contributed by atoms with Gasteiger partial charge in [0, 0.05) is 6.42 Å². The summed E-state index contributed by atoms with van der Waals surface area (Å²) in [5.41, 5.74) is 4.40. The minimum atomic E-state index is -0.493. The molecule has 1 saturated heterocycles. The average molecular weight is 747 g/mol. The number of benzene rings is 5. The summed E-state index contributed by atoms with van der Waals surface area (Å²) in [5.74, 6) is -0.332. The largest absolute Gasteiger partial charge is 0.459 e. The van der Waals surface area contributed by atoms with Gasteiger partial charge in [-0.05, 0) is 40.8 Å². The van der Waals surface area contributed by atoms with Gasteiger partial charge in [-0.25, -0.2) is 4.79 Å². The number of thioether (sulfide) groups is 1. The summed E-state index contributed by atoms with van der Waals surface area (Å²) in [5, 5.41) is -0.141. The lowest BCUT2D eigenvalue weighted by Gasteiger charge is -2.45. The number of ether oxygens (including phenoxy) is 6. The van der Waals surface area contributed by atoms with Gasteiger partial charge in [0.15, 0.2) is 0 Å². The Morgan fingerprint density at radius 3 is 1.50 bits per heavy atom. The molecule has 0 aliphatic carbocycles. The molecule has 1 fully saturated rings. The summed E-state index contributed by atoms with van der Waals surface area (Å²) in [6.07, 6.45) is -0.459. The van der Waals surface area contributed by atoms with Gasteiger partial charge in [-0.2, -0.15) is 0 Å². The second kappa shape index (κ2) is 21.6. The number of carbonyl (C=O) groups is 1. The van der Waals surface area contributed by atoms with Crippen molar-refractivity contribution in [3.63, 3.8) is 0 Å². The molecular weight excluding hydrogens is 697 g/mol. The molecule has 0 radical (unpaired) electrons. The van der Waals surface area contributed by atoms with Crippen molar-refractivity contribution in [2.75, 3.05) is 13.2 Å². The molecule has 54 heavy (non-hydrogen) atoms. The summed E-state index contributed by atoms with van der Waals surface area (Å²) in [6.45, 7) is 4.45. The Labute approximate surface area is 323 Å². The van der Waals surface area contributed by atoms with Gasteiger partial charge < -0.3 is 28.4 Å². The molecule has 0 N–H and O–H groups in total. The first-order valence-electron chi connectivity index (χ1n) is 18.8. The molecule has 7 nitrogen and oxygen atoms in total. The molecule has 8 heteroatoms. The van der Waals surface area contributed by atoms with Crippen LogP contribution in [0.3, 0.4) is 0 Å². The van der Waals surface area contributed by atoms with Gasteiger partial charge in [-0.15, -0.1) is 11.8 Å². The van der Waals surface area contributed by atoms with Crippen LogP contribution in [0, 0.1) is 0 Å². The van der Waals surface area contributed by atoms with Crippen LogP contribution < -0.4 is 0 Å². The van der Waals surface area contributed by atoms with E-state index in [2.05, 4.69) is 48.5 Å². The SMILES string of the molecule is CC[C@H](CCO[C@H]1SC(COCc2ccccc2)[C@H](OCc2ccccc2)C(OCc2ccccc2)C1OCc1ccccc1)OC(=O)c1ccccc1. The fourth-order valence-electron chi connectivity index (χ4n) is 6.34. The van der Waals surface area contributed by atoms with Crippen LogP contribution in [0.15, 0.2) is 152 Å². The van der Waals surface area contributed by atoms with Crippen molar-refractivity contribution in [1.82, 2.24) is 0 Å². The van der Waals surface area contributed by atoms with Crippen LogP contribution in [0.4, 0.5) is 0 Å². The third-order valence-electron chi connectivity index (χ3n) is 9.30. The molecule has 282 valence electrons. The number of hydrogen-bond acceptors (Lipinski definition) is 8. The van der Waals surface area contributed by atoms with Gasteiger partial charge in [0.2, 0.25) is 0 Å². The lowest BCUT2D eigenvalue weighted by atomic mass is 10.0. The highest BCUT2D eigenvalue weighted by Crippen LogP contribution is 2.40. The van der Waals surface area contributed by atoms with Crippen LogP contribution in [-0.2, 0) is 54.8 Å². The maximum absolute atomic E-state index is 12.9. The summed E-state index contributed by atoms with van der Waals surface area (Å²) >= 11 is 1.66. The zero-order valence-corrected chi connectivity index (χ0v) is 31.6. The van der Waals surface area contributed by atoms with Crippen molar-refractivity contribution in [1.29, 1.82) is 0 Å². The first-order chi connectivity index (χ1) is 26.7. The third kappa shape index (κ3) is 12.1. The number of esters is 1. The van der Waals surface area contributed by atoms with Crippen LogP contribution in [0.5, 0.6) is 0 Å². The second-order valence-electron chi connectivity index (χ2n) is 13.3. The van der Waals surface area contributed by atoms with Crippen molar-refractivity contribution >= 4 is 17.7 Å². The lowest BCUT2D eigenvalue weighted by Crippen LogP contribution is -2.58. The third-order valence-corrected chi connectivity index (χ3v) is 10.7. The normalized spacial score (nSPS) is 20.3. The van der Waals surface area contributed by atoms with E-state index in [1.807, 2.05) is 97.9 Å². The van der Waals surface area contributed by atoms with Gasteiger partial charge in [-0.3, -0.25) is 0 Å². The minimum Gasteiger partial charge on any atom is -0.459 e. The molecule has 6 atom stereocenters. The molecule has 0 bridgehead atoms. The Balaban J connectivity index is 1.25. The predicted octanol–water partition coefficient (Wildman–Crippen LogP) is 9.44. The van der Waals surface area contributed by atoms with E-state index in [1.54, 1.807) is 23.9 Å². The fraction of sp³-hybridized carbons (Fsp3) is 0.326. The van der Waals surface area contributed by atoms with E-state index >= 15 is 0 Å². The second-order valence-corrected chi connectivity index (χ2v) is 14.6. The Kier molecular flexibility index (Phi) is 15.7. The fourth-order valence-corrected chi connectivity index (χ4v) is 7.81. The van der Waals surface area contributed by atoms with Gasteiger partial charge in [0.1, 0.15) is 29.9 Å². The lowest BCUT2D eigenvalue weighted by molar-refractivity contribution is -0.182. The summed E-state index contributed by atoms with van der Waals surface area (Å²) < 4.78 is 39.6. The van der Waals surface area contributed by atoms with Crippen molar-refractivity contribution in [3.8, 4) is 0 Å². The highest BCUT2D eigenvalue weighted by molar-refractivity contribution is 8.00. The quantitative estimate of drug-likeness (QED) is 0.0730. The first-order valence-corrected chi connectivity index (χ1v) is 19.7. The molecule has 1 aliphatic rings. The monoisotopic (exact) mass is 746 g/mol. The molecule has 5 aromatic carbocycles. The van der Waals surface area contributed by atoms with Crippen LogP contribution in [0.1, 0.15) is 52.4 Å². The van der Waals surface area contributed by atoms with Crippen LogP contribution in [0.2, 0.25) is 0 Å². The van der Waals surface area contributed by atoms with E-state index in [4.69, 9.17) is 28.4 Å². The molecule has 1 heterocycles. The minimum absolute atomic E-state index is 0.141. The summed E-state index contributed by atoms with van der Waals surface area (Å²) in [6, 6.07) is 49.8. The molecule has 3 unspecified atom stereocenters. The number of hydrogen-bond donors (Lipinski definition) is 0. The summed E-state index contributed by atoms with van der Waals surface area (Å²) in [4.78, 5) is 12.9. The van der Waals surface area contributed by atoms with E-state index in [1.165, 1.54) is 0 Å². The molecule has 6 rings (SSSR count). The van der Waals surface area contributed by atoms with E-state index in [0.717, 1.165) is 22.3 Å². The van der Waals surface area contributed by atoms with Gasteiger partial charge >= 0.3 is 5.97 Å². The molecular formula is C46H50O7S. The first kappa shape index (κ1) is 39.4. The van der Waals surface area contributed by atoms with E-state index < -0.39 is 17.6 Å². The van der Waals surface area contributed by atoms with E-state index in [9.17, 15) is 4.79 Å². The number of rotatable bonds is 20. The maximum atomic E-state index is 12.9. The average Bonchev–Trinajstić information content (AvgIpc) is 3.23. The van der Waals surface area contributed by atoms with Gasteiger partial charge in [0.05, 0.1) is 50.5 Å². The Hall–Kier alpha value is -4.28. The highest BCUT2D eigenvalue weighted by Gasteiger charge is 2.48. The zero-order chi connectivity index (χ0) is 37.2. The van der Waals surface area contributed by atoms with E-state index in [-0.39, 0.29) is 23.4 Å². The topological polar surface area (TPSA) is 72.5 Å². The smallest absolute Gasteiger partial charge is 0.338 e. The maximum Gasteiger partial charge on any atom is 0.338 e. The standard InChI is InChI=1S/C46H50O7S/c1-2-40(53-45(47)39-26-16-7-17-27-39)28-29-49-46-44(52-33-38-24-14-6-15-25-38)43(51-32-37-22-12-5-13-23-37)42(50-31-36-20-10-4-11-21-36)41(54-46)34-48-30-35-18-8-3-9-19-35/h3-27,40-44,46H,2,28-34H2,1H3/t40-,41?,42+,43?,44?,46+/m1/s1. The highest BCUT2D eigenvalue weighted by atomic mass is 32.2. The molecule has 1 aliphatic heterocycles. The molecule has 0 spiro atoms. The zero-order valence-electron chi connectivity index (χ0n) is 30.8. The molecule has 5 aromatic rings. The molecule has 0 saturated carbocycles. The Morgan fingerprint density at radius 2 is 1.00 bits per heavy atom. The van der Waals surface area contributed by atoms with Gasteiger partial charge in [0.25, 0.3) is 0 Å². The number of carbonyl (C=O) groups excluding carboxylic acids is 1. The summed E-state index contributed by atoms with van der Waals surface area (Å²) in [7, 11) is 0. The Bertz CT molecular complexity index is 1760. The van der Waals surface area contributed by atoms with Crippen molar-refractivity contribution in [2.45, 2.75) is 81.3 Å². The van der Waals surface area contributed by atoms with Gasteiger partial charge in [-0.1, -0.05) is 146 Å². The van der Waals surface area contributed by atoms with Crippen molar-refractivity contribution < 1.29 is 33.2 Å².